The number of carboxylic acids is 1. The third-order valence-corrected chi connectivity index (χ3v) is 5.74. The van der Waals surface area contributed by atoms with E-state index in [1.54, 1.807) is 11.3 Å². The molecule has 4 nitrogen and oxygen atoms in total. The van der Waals surface area contributed by atoms with Crippen molar-refractivity contribution in [2.45, 2.75) is 44.9 Å². The molecular weight excluding hydrogens is 354 g/mol. The maximum absolute atomic E-state index is 11.8. The van der Waals surface area contributed by atoms with Gasteiger partial charge in [0.15, 0.2) is 0 Å². The molecule has 1 aromatic rings. The first kappa shape index (κ1) is 16.5. The molecule has 0 radical (unpaired) electrons. The van der Waals surface area contributed by atoms with Crippen LogP contribution >= 0.6 is 27.3 Å². The molecule has 1 amide bonds. The Hall–Kier alpha value is -0.880. The third kappa shape index (κ3) is 5.11. The lowest BCUT2D eigenvalue weighted by molar-refractivity contribution is -0.141. The predicted octanol–water partition coefficient (Wildman–Crippen LogP) is 3.59. The van der Waals surface area contributed by atoms with Crippen LogP contribution < -0.4 is 5.32 Å². The van der Waals surface area contributed by atoms with Crippen molar-refractivity contribution in [2.24, 2.45) is 5.41 Å². The Balaban J connectivity index is 1.66. The summed E-state index contributed by atoms with van der Waals surface area (Å²) in [7, 11) is 0. The first-order valence-electron chi connectivity index (χ1n) is 7.22. The number of thiophene rings is 1. The van der Waals surface area contributed by atoms with Crippen LogP contribution in [0.25, 0.3) is 0 Å². The number of hydrogen-bond donors (Lipinski definition) is 2. The van der Waals surface area contributed by atoms with E-state index in [0.717, 1.165) is 35.9 Å². The van der Waals surface area contributed by atoms with Crippen molar-refractivity contribution in [3.05, 3.63) is 20.8 Å². The van der Waals surface area contributed by atoms with Gasteiger partial charge in [0.1, 0.15) is 0 Å². The molecule has 116 valence electrons. The first-order chi connectivity index (χ1) is 9.99. The van der Waals surface area contributed by atoms with Crippen molar-refractivity contribution in [2.75, 3.05) is 6.54 Å². The van der Waals surface area contributed by atoms with E-state index in [4.69, 9.17) is 5.11 Å². The Morgan fingerprint density at radius 2 is 2.14 bits per heavy atom. The number of nitrogens with one attached hydrogen (secondary N) is 1. The van der Waals surface area contributed by atoms with E-state index in [0.29, 0.717) is 13.0 Å². The van der Waals surface area contributed by atoms with Gasteiger partial charge in [0.25, 0.3) is 0 Å². The maximum Gasteiger partial charge on any atom is 0.303 e. The van der Waals surface area contributed by atoms with Crippen LogP contribution in [0.5, 0.6) is 0 Å². The number of rotatable bonds is 8. The van der Waals surface area contributed by atoms with Crippen molar-refractivity contribution in [1.29, 1.82) is 0 Å². The molecule has 0 aromatic carbocycles. The highest BCUT2D eigenvalue weighted by Gasteiger charge is 2.39. The second-order valence-electron chi connectivity index (χ2n) is 5.76. The van der Waals surface area contributed by atoms with Gasteiger partial charge in [-0.3, -0.25) is 9.59 Å². The van der Waals surface area contributed by atoms with Crippen LogP contribution in [0.15, 0.2) is 15.9 Å². The van der Waals surface area contributed by atoms with Crippen molar-refractivity contribution in [3.8, 4) is 0 Å². The molecule has 2 N–H and O–H groups in total. The van der Waals surface area contributed by atoms with Gasteiger partial charge in [0, 0.05) is 17.8 Å². The minimum atomic E-state index is -0.771. The zero-order chi connectivity index (χ0) is 15.3. The van der Waals surface area contributed by atoms with Gasteiger partial charge < -0.3 is 10.4 Å². The van der Waals surface area contributed by atoms with Crippen molar-refractivity contribution < 1.29 is 14.7 Å². The van der Waals surface area contributed by atoms with Crippen LogP contribution in [0.3, 0.4) is 0 Å². The molecule has 1 saturated carbocycles. The Labute approximate surface area is 137 Å². The van der Waals surface area contributed by atoms with E-state index >= 15 is 0 Å². The molecular formula is C15H20BrNO3S. The molecule has 0 spiro atoms. The van der Waals surface area contributed by atoms with Crippen LogP contribution in [-0.2, 0) is 16.0 Å². The highest BCUT2D eigenvalue weighted by Crippen LogP contribution is 2.43. The summed E-state index contributed by atoms with van der Waals surface area (Å²) in [6.07, 6.45) is 5.27. The molecule has 1 heterocycles. The summed E-state index contributed by atoms with van der Waals surface area (Å²) in [5.74, 6) is -0.741. The first-order valence-corrected chi connectivity index (χ1v) is 8.83. The Morgan fingerprint density at radius 1 is 1.38 bits per heavy atom. The summed E-state index contributed by atoms with van der Waals surface area (Å²) in [6.45, 7) is 0.503. The largest absolute Gasteiger partial charge is 0.481 e. The molecule has 2 rings (SSSR count). The Bertz CT molecular complexity index is 511. The fourth-order valence-electron chi connectivity index (χ4n) is 2.70. The second kappa shape index (κ2) is 7.40. The number of aryl methyl sites for hydroxylation is 1. The SMILES string of the molecule is O=C(O)CC1(CNC(=O)CCCc2ccc(Br)s2)CCC1. The van der Waals surface area contributed by atoms with Gasteiger partial charge in [-0.2, -0.15) is 0 Å². The summed E-state index contributed by atoms with van der Waals surface area (Å²) >= 11 is 5.12. The van der Waals surface area contributed by atoms with Crippen LogP contribution in [0.2, 0.25) is 0 Å². The summed E-state index contributed by atoms with van der Waals surface area (Å²) in [5.41, 5.74) is -0.194. The third-order valence-electron chi connectivity index (χ3n) is 4.06. The summed E-state index contributed by atoms with van der Waals surface area (Å²) in [6, 6.07) is 4.09. The quantitative estimate of drug-likeness (QED) is 0.731. The van der Waals surface area contributed by atoms with E-state index < -0.39 is 5.97 Å². The van der Waals surface area contributed by atoms with Gasteiger partial charge in [-0.25, -0.2) is 0 Å². The fraction of sp³-hybridized carbons (Fsp3) is 0.600. The highest BCUT2D eigenvalue weighted by molar-refractivity contribution is 9.11. The number of hydrogen-bond acceptors (Lipinski definition) is 3. The maximum atomic E-state index is 11.8. The van der Waals surface area contributed by atoms with Crippen LogP contribution in [0.1, 0.15) is 43.4 Å². The zero-order valence-electron chi connectivity index (χ0n) is 11.9. The molecule has 1 aliphatic carbocycles. The van der Waals surface area contributed by atoms with Crippen LogP contribution in [0.4, 0.5) is 0 Å². The van der Waals surface area contributed by atoms with Crippen molar-refractivity contribution >= 4 is 39.1 Å². The normalized spacial score (nSPS) is 16.2. The van der Waals surface area contributed by atoms with E-state index in [1.807, 2.05) is 6.07 Å². The zero-order valence-corrected chi connectivity index (χ0v) is 14.3. The molecule has 0 atom stereocenters. The smallest absolute Gasteiger partial charge is 0.303 e. The molecule has 1 aliphatic rings. The van der Waals surface area contributed by atoms with Crippen LogP contribution in [-0.4, -0.2) is 23.5 Å². The van der Waals surface area contributed by atoms with Crippen molar-refractivity contribution in [1.82, 2.24) is 5.32 Å². The molecule has 0 aliphatic heterocycles. The predicted molar refractivity (Wildman–Crippen MR) is 86.5 cm³/mol. The fourth-order valence-corrected chi connectivity index (χ4v) is 4.22. The molecule has 6 heteroatoms. The van der Waals surface area contributed by atoms with Crippen LogP contribution in [0, 0.1) is 5.41 Å². The molecule has 0 bridgehead atoms. The standard InChI is InChI=1S/C15H20BrNO3S/c16-12-6-5-11(21-12)3-1-4-13(18)17-10-15(7-2-8-15)9-14(19)20/h5-6H,1-4,7-10H2,(H,17,18)(H,19,20). The molecule has 1 fully saturated rings. The number of carbonyl (C=O) groups excluding carboxylic acids is 1. The second-order valence-corrected chi connectivity index (χ2v) is 8.31. The molecule has 0 unspecified atom stereocenters. The Morgan fingerprint density at radius 3 is 2.67 bits per heavy atom. The van der Waals surface area contributed by atoms with E-state index in [2.05, 4.69) is 27.3 Å². The van der Waals surface area contributed by atoms with Gasteiger partial charge >= 0.3 is 5.97 Å². The topological polar surface area (TPSA) is 66.4 Å². The molecule has 1 aromatic heterocycles. The lowest BCUT2D eigenvalue weighted by Gasteiger charge is -2.40. The summed E-state index contributed by atoms with van der Waals surface area (Å²) < 4.78 is 1.11. The Kier molecular flexibility index (Phi) is 5.81. The summed E-state index contributed by atoms with van der Waals surface area (Å²) in [4.78, 5) is 24.0. The van der Waals surface area contributed by atoms with E-state index in [-0.39, 0.29) is 17.7 Å². The number of carbonyl (C=O) groups is 2. The number of amides is 1. The number of halogens is 1. The lowest BCUT2D eigenvalue weighted by Crippen LogP contribution is -2.43. The number of carboxylic acid groups (broad SMARTS) is 1. The highest BCUT2D eigenvalue weighted by atomic mass is 79.9. The number of aliphatic carboxylic acids is 1. The molecule has 0 saturated heterocycles. The monoisotopic (exact) mass is 373 g/mol. The summed E-state index contributed by atoms with van der Waals surface area (Å²) in [5, 5.41) is 11.8. The van der Waals surface area contributed by atoms with Crippen molar-refractivity contribution in [3.63, 3.8) is 0 Å². The van der Waals surface area contributed by atoms with Gasteiger partial charge in [-0.15, -0.1) is 11.3 Å². The van der Waals surface area contributed by atoms with Gasteiger partial charge in [-0.1, -0.05) is 6.42 Å². The average Bonchev–Trinajstić information content (AvgIpc) is 2.78. The van der Waals surface area contributed by atoms with Gasteiger partial charge in [-0.05, 0) is 59.2 Å². The lowest BCUT2D eigenvalue weighted by atomic mass is 9.66. The van der Waals surface area contributed by atoms with E-state index in [1.165, 1.54) is 4.88 Å². The minimum absolute atomic E-state index is 0.0299. The van der Waals surface area contributed by atoms with Gasteiger partial charge in [0.2, 0.25) is 5.91 Å². The van der Waals surface area contributed by atoms with Gasteiger partial charge in [0.05, 0.1) is 10.2 Å². The molecule has 21 heavy (non-hydrogen) atoms. The van der Waals surface area contributed by atoms with E-state index in [9.17, 15) is 9.59 Å². The average molecular weight is 374 g/mol. The minimum Gasteiger partial charge on any atom is -0.481 e.